The van der Waals surface area contributed by atoms with Crippen molar-refractivity contribution < 1.29 is 13.2 Å². The van der Waals surface area contributed by atoms with Gasteiger partial charge in [-0.25, -0.2) is 10.8 Å². The fourth-order valence-corrected chi connectivity index (χ4v) is 1.52. The number of nitrogens with one attached hydrogen (secondary N) is 1. The Morgan fingerprint density at radius 3 is 2.28 bits per heavy atom. The summed E-state index contributed by atoms with van der Waals surface area (Å²) in [6, 6.07) is 10.5. The standard InChI is InChI=1S/C12H10F3N3/c13-12(14,15)9-6-10(17-11(7-9)18-16)8-4-2-1-3-5-8/h1-7H,16H2,(H,17,18). The van der Waals surface area contributed by atoms with Crippen molar-refractivity contribution in [2.45, 2.75) is 6.18 Å². The zero-order chi connectivity index (χ0) is 13.2. The van der Waals surface area contributed by atoms with Gasteiger partial charge in [0.25, 0.3) is 0 Å². The lowest BCUT2D eigenvalue weighted by atomic mass is 10.1. The average Bonchev–Trinajstić information content (AvgIpc) is 2.38. The third-order valence-corrected chi connectivity index (χ3v) is 2.37. The third-order valence-electron chi connectivity index (χ3n) is 2.37. The molecule has 0 spiro atoms. The molecular formula is C12H10F3N3. The molecular weight excluding hydrogens is 243 g/mol. The normalized spacial score (nSPS) is 11.3. The summed E-state index contributed by atoms with van der Waals surface area (Å²) in [5, 5.41) is 0. The molecule has 3 nitrogen and oxygen atoms in total. The van der Waals surface area contributed by atoms with E-state index in [1.807, 2.05) is 0 Å². The van der Waals surface area contributed by atoms with E-state index < -0.39 is 11.7 Å². The maximum atomic E-state index is 12.7. The lowest BCUT2D eigenvalue weighted by Gasteiger charge is -2.11. The van der Waals surface area contributed by atoms with Gasteiger partial charge in [-0.15, -0.1) is 0 Å². The van der Waals surface area contributed by atoms with E-state index >= 15 is 0 Å². The molecule has 0 aliphatic heterocycles. The Hall–Kier alpha value is -2.08. The van der Waals surface area contributed by atoms with Crippen molar-refractivity contribution >= 4 is 5.82 Å². The van der Waals surface area contributed by atoms with Gasteiger partial charge in [0.15, 0.2) is 0 Å². The van der Waals surface area contributed by atoms with Gasteiger partial charge in [-0.05, 0) is 12.1 Å². The van der Waals surface area contributed by atoms with Crippen LogP contribution in [0.15, 0.2) is 42.5 Å². The van der Waals surface area contributed by atoms with Crippen molar-refractivity contribution in [3.63, 3.8) is 0 Å². The van der Waals surface area contributed by atoms with E-state index in [1.165, 1.54) is 0 Å². The number of hydrogen-bond donors (Lipinski definition) is 2. The molecule has 6 heteroatoms. The van der Waals surface area contributed by atoms with E-state index in [-0.39, 0.29) is 11.5 Å². The highest BCUT2D eigenvalue weighted by Gasteiger charge is 2.31. The van der Waals surface area contributed by atoms with Crippen LogP contribution in [0.2, 0.25) is 0 Å². The maximum Gasteiger partial charge on any atom is 0.416 e. The van der Waals surface area contributed by atoms with Crippen molar-refractivity contribution in [2.75, 3.05) is 5.43 Å². The van der Waals surface area contributed by atoms with Gasteiger partial charge in [0.2, 0.25) is 0 Å². The Kier molecular flexibility index (Phi) is 3.20. The molecule has 2 aromatic rings. The summed E-state index contributed by atoms with van der Waals surface area (Å²) in [5.74, 6) is 5.10. The van der Waals surface area contributed by atoms with Crippen LogP contribution >= 0.6 is 0 Å². The predicted octanol–water partition coefficient (Wildman–Crippen LogP) is 3.05. The molecule has 0 saturated carbocycles. The highest BCUT2D eigenvalue weighted by atomic mass is 19.4. The van der Waals surface area contributed by atoms with E-state index in [2.05, 4.69) is 10.4 Å². The Morgan fingerprint density at radius 2 is 1.72 bits per heavy atom. The van der Waals surface area contributed by atoms with Gasteiger partial charge >= 0.3 is 6.18 Å². The highest BCUT2D eigenvalue weighted by molar-refractivity contribution is 5.62. The van der Waals surface area contributed by atoms with Crippen molar-refractivity contribution in [1.82, 2.24) is 4.98 Å². The largest absolute Gasteiger partial charge is 0.416 e. The number of nitrogens with two attached hydrogens (primary N) is 1. The Labute approximate surface area is 101 Å². The minimum atomic E-state index is -4.43. The molecule has 1 heterocycles. The maximum absolute atomic E-state index is 12.7. The number of rotatable bonds is 2. The van der Waals surface area contributed by atoms with Crippen molar-refractivity contribution in [1.29, 1.82) is 0 Å². The zero-order valence-electron chi connectivity index (χ0n) is 9.20. The summed E-state index contributed by atoms with van der Waals surface area (Å²) in [7, 11) is 0. The second-order valence-electron chi connectivity index (χ2n) is 3.63. The van der Waals surface area contributed by atoms with Crippen LogP contribution < -0.4 is 11.3 Å². The summed E-state index contributed by atoms with van der Waals surface area (Å²) in [4.78, 5) is 4.00. The zero-order valence-corrected chi connectivity index (χ0v) is 9.20. The van der Waals surface area contributed by atoms with Gasteiger partial charge in [0.05, 0.1) is 11.3 Å². The molecule has 1 aromatic heterocycles. The highest BCUT2D eigenvalue weighted by Crippen LogP contribution is 2.33. The minimum Gasteiger partial charge on any atom is -0.308 e. The van der Waals surface area contributed by atoms with Crippen molar-refractivity contribution in [2.24, 2.45) is 5.84 Å². The minimum absolute atomic E-state index is 0.0244. The number of halogens is 3. The van der Waals surface area contributed by atoms with E-state index in [9.17, 15) is 13.2 Å². The summed E-state index contributed by atoms with van der Waals surface area (Å²) < 4.78 is 38.1. The Balaban J connectivity index is 2.55. The summed E-state index contributed by atoms with van der Waals surface area (Å²) in [5.41, 5.74) is 2.17. The lowest BCUT2D eigenvalue weighted by molar-refractivity contribution is -0.137. The molecule has 3 N–H and O–H groups in total. The molecule has 2 rings (SSSR count). The number of hydrazine groups is 1. The molecule has 0 unspecified atom stereocenters. The number of pyridine rings is 1. The topological polar surface area (TPSA) is 50.9 Å². The van der Waals surface area contributed by atoms with Gasteiger partial charge in [0, 0.05) is 5.56 Å². The van der Waals surface area contributed by atoms with Crippen molar-refractivity contribution in [3.05, 3.63) is 48.0 Å². The van der Waals surface area contributed by atoms with Gasteiger partial charge in [-0.2, -0.15) is 13.2 Å². The first kappa shape index (κ1) is 12.4. The number of alkyl halides is 3. The summed E-state index contributed by atoms with van der Waals surface area (Å²) in [6.07, 6.45) is -4.43. The SMILES string of the molecule is NNc1cc(C(F)(F)F)cc(-c2ccccc2)n1. The number of aromatic nitrogens is 1. The first-order chi connectivity index (χ1) is 8.50. The van der Waals surface area contributed by atoms with Crippen LogP contribution in [0.4, 0.5) is 19.0 Å². The van der Waals surface area contributed by atoms with Gasteiger partial charge in [-0.1, -0.05) is 30.3 Å². The first-order valence-corrected chi connectivity index (χ1v) is 5.12. The molecule has 0 aliphatic rings. The summed E-state index contributed by atoms with van der Waals surface area (Å²) in [6.45, 7) is 0. The molecule has 0 aliphatic carbocycles. The van der Waals surface area contributed by atoms with Crippen molar-refractivity contribution in [3.8, 4) is 11.3 Å². The monoisotopic (exact) mass is 253 g/mol. The average molecular weight is 253 g/mol. The molecule has 94 valence electrons. The number of nitrogen functional groups attached to an aromatic ring is 1. The second kappa shape index (κ2) is 4.66. The molecule has 0 amide bonds. The number of hydrogen-bond acceptors (Lipinski definition) is 3. The van der Waals surface area contributed by atoms with Gasteiger partial charge in [-0.3, -0.25) is 0 Å². The van der Waals surface area contributed by atoms with Crippen LogP contribution in [0, 0.1) is 0 Å². The van der Waals surface area contributed by atoms with E-state index in [1.54, 1.807) is 30.3 Å². The second-order valence-corrected chi connectivity index (χ2v) is 3.63. The molecule has 0 bridgehead atoms. The number of benzene rings is 1. The van der Waals surface area contributed by atoms with E-state index in [0.29, 0.717) is 5.56 Å². The van der Waals surface area contributed by atoms with Gasteiger partial charge < -0.3 is 5.43 Å². The first-order valence-electron chi connectivity index (χ1n) is 5.12. The number of anilines is 1. The van der Waals surface area contributed by atoms with Crippen LogP contribution in [0.3, 0.4) is 0 Å². The molecule has 0 saturated heterocycles. The molecule has 0 atom stereocenters. The van der Waals surface area contributed by atoms with Crippen LogP contribution in [0.1, 0.15) is 5.56 Å². The third kappa shape index (κ3) is 2.60. The van der Waals surface area contributed by atoms with Gasteiger partial charge in [0.1, 0.15) is 5.82 Å². The quantitative estimate of drug-likeness (QED) is 0.638. The van der Waals surface area contributed by atoms with Crippen LogP contribution in [0.25, 0.3) is 11.3 Å². The fourth-order valence-electron chi connectivity index (χ4n) is 1.52. The molecule has 1 aromatic carbocycles. The predicted molar refractivity (Wildman–Crippen MR) is 62.5 cm³/mol. The smallest absolute Gasteiger partial charge is 0.308 e. The Morgan fingerprint density at radius 1 is 1.06 bits per heavy atom. The Bertz CT molecular complexity index is 538. The molecule has 0 fully saturated rings. The summed E-state index contributed by atoms with van der Waals surface area (Å²) >= 11 is 0. The van der Waals surface area contributed by atoms with Crippen LogP contribution in [-0.4, -0.2) is 4.98 Å². The van der Waals surface area contributed by atoms with E-state index in [0.717, 1.165) is 12.1 Å². The fraction of sp³-hybridized carbons (Fsp3) is 0.0833. The lowest BCUT2D eigenvalue weighted by Crippen LogP contribution is -2.12. The molecule has 0 radical (unpaired) electrons. The van der Waals surface area contributed by atoms with Crippen LogP contribution in [-0.2, 0) is 6.18 Å². The van der Waals surface area contributed by atoms with E-state index in [4.69, 9.17) is 5.84 Å². The molecule has 18 heavy (non-hydrogen) atoms. The van der Waals surface area contributed by atoms with Crippen LogP contribution in [0.5, 0.6) is 0 Å². The number of nitrogens with zero attached hydrogens (tertiary/aromatic N) is 1.